The van der Waals surface area contributed by atoms with Gasteiger partial charge in [0, 0.05) is 19.0 Å². The predicted molar refractivity (Wildman–Crippen MR) is 62.8 cm³/mol. The third-order valence-electron chi connectivity index (χ3n) is 1.89. The maximum atomic E-state index is 11.4. The summed E-state index contributed by atoms with van der Waals surface area (Å²) in [5, 5.41) is 0.955. The molecule has 0 amide bonds. The molecule has 86 valence electrons. The summed E-state index contributed by atoms with van der Waals surface area (Å²) in [5.74, 6) is 0.582. The van der Waals surface area contributed by atoms with E-state index in [9.17, 15) is 8.42 Å². The summed E-state index contributed by atoms with van der Waals surface area (Å²) in [6, 6.07) is 0. The Balaban J connectivity index is 3.52. The third kappa shape index (κ3) is 8.97. The molecule has 0 fully saturated rings. The van der Waals surface area contributed by atoms with Crippen LogP contribution in [0.2, 0.25) is 0 Å². The minimum atomic E-state index is -2.83. The molecule has 0 aromatic carbocycles. The van der Waals surface area contributed by atoms with Crippen LogP contribution < -0.4 is 0 Å². The summed E-state index contributed by atoms with van der Waals surface area (Å²) in [6.45, 7) is 0.528. The van der Waals surface area contributed by atoms with Crippen LogP contribution in [0.25, 0.3) is 0 Å². The molecule has 14 heavy (non-hydrogen) atoms. The first kappa shape index (κ1) is 14.4. The molecule has 0 atom stereocenters. The molecule has 3 nitrogen and oxygen atoms in total. The summed E-state index contributed by atoms with van der Waals surface area (Å²) < 4.78 is 27.6. The lowest BCUT2D eigenvalue weighted by molar-refractivity contribution is 0.199. The highest BCUT2D eigenvalue weighted by Gasteiger charge is 2.09. The molecule has 0 N–H and O–H groups in total. The van der Waals surface area contributed by atoms with Gasteiger partial charge in [0.15, 0.2) is 0 Å². The Labute approximate surface area is 95.3 Å². The number of sulfone groups is 1. The van der Waals surface area contributed by atoms with Crippen molar-refractivity contribution < 1.29 is 13.2 Å². The van der Waals surface area contributed by atoms with Gasteiger partial charge in [-0.3, -0.25) is 0 Å². The molecule has 0 aromatic heterocycles. The van der Waals surface area contributed by atoms with Crippen LogP contribution in [-0.2, 0) is 14.6 Å². The first-order valence-corrected chi connectivity index (χ1v) is 7.82. The van der Waals surface area contributed by atoms with Crippen LogP contribution in [0.5, 0.6) is 0 Å². The molecule has 0 aliphatic rings. The van der Waals surface area contributed by atoms with Crippen molar-refractivity contribution in [1.29, 1.82) is 0 Å². The van der Waals surface area contributed by atoms with E-state index in [-0.39, 0.29) is 5.75 Å². The van der Waals surface area contributed by atoms with Crippen molar-refractivity contribution in [1.82, 2.24) is 0 Å². The van der Waals surface area contributed by atoms with Crippen LogP contribution in [0.3, 0.4) is 0 Å². The molecule has 5 heteroatoms. The highest BCUT2D eigenvalue weighted by atomic mass is 79.9. The minimum absolute atomic E-state index is 0.259. The van der Waals surface area contributed by atoms with E-state index in [4.69, 9.17) is 4.74 Å². The van der Waals surface area contributed by atoms with Gasteiger partial charge in [0.05, 0.1) is 11.5 Å². The van der Waals surface area contributed by atoms with Gasteiger partial charge >= 0.3 is 0 Å². The van der Waals surface area contributed by atoms with E-state index < -0.39 is 9.84 Å². The first-order valence-electron chi connectivity index (χ1n) is 4.87. The second-order valence-corrected chi connectivity index (χ2v) is 6.34. The van der Waals surface area contributed by atoms with Crippen LogP contribution >= 0.6 is 15.9 Å². The molecule has 0 spiro atoms. The molecular formula is C9H19BrO3S. The van der Waals surface area contributed by atoms with Crippen LogP contribution in [0, 0.1) is 0 Å². The molecule has 0 unspecified atom stereocenters. The lowest BCUT2D eigenvalue weighted by Crippen LogP contribution is -2.12. The highest BCUT2D eigenvalue weighted by Crippen LogP contribution is 2.03. The van der Waals surface area contributed by atoms with Crippen molar-refractivity contribution in [2.24, 2.45) is 0 Å². The molecule has 0 aliphatic carbocycles. The van der Waals surface area contributed by atoms with Crippen LogP contribution in [0.1, 0.15) is 25.7 Å². The molecule has 0 heterocycles. The van der Waals surface area contributed by atoms with E-state index >= 15 is 0 Å². The van der Waals surface area contributed by atoms with Gasteiger partial charge in [-0.15, -0.1) is 0 Å². The van der Waals surface area contributed by atoms with E-state index in [0.29, 0.717) is 18.8 Å². The quantitative estimate of drug-likeness (QED) is 0.481. The van der Waals surface area contributed by atoms with Crippen LogP contribution in [0.15, 0.2) is 0 Å². The largest absolute Gasteiger partial charge is 0.385 e. The number of rotatable bonds is 9. The molecule has 0 radical (unpaired) electrons. The molecule has 0 saturated carbocycles. The molecule has 0 saturated heterocycles. The summed E-state index contributed by atoms with van der Waals surface area (Å²) in [4.78, 5) is 0. The van der Waals surface area contributed by atoms with Gasteiger partial charge in [-0.2, -0.15) is 0 Å². The minimum Gasteiger partial charge on any atom is -0.385 e. The van der Waals surface area contributed by atoms with E-state index in [1.165, 1.54) is 0 Å². The van der Waals surface area contributed by atoms with Crippen LogP contribution in [-0.4, -0.2) is 39.0 Å². The summed E-state index contributed by atoms with van der Waals surface area (Å²) >= 11 is 3.32. The van der Waals surface area contributed by atoms with E-state index in [0.717, 1.165) is 24.6 Å². The number of ether oxygens (including phenoxy) is 1. The molecule has 0 rings (SSSR count). The number of unbranched alkanes of at least 4 members (excludes halogenated alkanes) is 2. The first-order chi connectivity index (χ1) is 6.62. The lowest BCUT2D eigenvalue weighted by atomic mass is 10.3. The van der Waals surface area contributed by atoms with Gasteiger partial charge in [0.25, 0.3) is 0 Å². The molecule has 0 bridgehead atoms. The Bertz CT molecular complexity index is 214. The number of methoxy groups -OCH3 is 1. The zero-order valence-electron chi connectivity index (χ0n) is 8.67. The zero-order valence-corrected chi connectivity index (χ0v) is 11.1. The Kier molecular flexibility index (Phi) is 8.92. The van der Waals surface area contributed by atoms with Crippen molar-refractivity contribution in [2.75, 3.05) is 30.6 Å². The average molecular weight is 287 g/mol. The number of halogens is 1. The fourth-order valence-electron chi connectivity index (χ4n) is 1.12. The van der Waals surface area contributed by atoms with E-state index in [1.54, 1.807) is 7.11 Å². The number of hydrogen-bond donors (Lipinski definition) is 0. The fourth-order valence-corrected chi connectivity index (χ4v) is 2.92. The lowest BCUT2D eigenvalue weighted by Gasteiger charge is -2.03. The summed E-state index contributed by atoms with van der Waals surface area (Å²) in [6.07, 6.45) is 3.42. The Morgan fingerprint density at radius 1 is 1.07 bits per heavy atom. The van der Waals surface area contributed by atoms with Crippen molar-refractivity contribution in [3.63, 3.8) is 0 Å². The standard InChI is InChI=1S/C9H19BrO3S/c1-13-7-5-9-14(11,12)8-4-2-3-6-10/h2-9H2,1H3. The molecule has 0 aliphatic heterocycles. The van der Waals surface area contributed by atoms with Crippen molar-refractivity contribution in [3.8, 4) is 0 Å². The normalized spacial score (nSPS) is 11.9. The third-order valence-corrected chi connectivity index (χ3v) is 4.27. The summed E-state index contributed by atoms with van der Waals surface area (Å²) in [5.41, 5.74) is 0. The maximum absolute atomic E-state index is 11.4. The van der Waals surface area contributed by atoms with Gasteiger partial charge in [0.1, 0.15) is 9.84 Å². The van der Waals surface area contributed by atoms with Gasteiger partial charge in [-0.05, 0) is 19.3 Å². The topological polar surface area (TPSA) is 43.4 Å². The van der Waals surface area contributed by atoms with Crippen molar-refractivity contribution >= 4 is 25.8 Å². The maximum Gasteiger partial charge on any atom is 0.150 e. The smallest absolute Gasteiger partial charge is 0.150 e. The zero-order chi connectivity index (χ0) is 10.9. The fraction of sp³-hybridized carbons (Fsp3) is 1.00. The highest BCUT2D eigenvalue weighted by molar-refractivity contribution is 9.09. The van der Waals surface area contributed by atoms with Gasteiger partial charge in [-0.1, -0.05) is 22.4 Å². The number of alkyl halides is 1. The Morgan fingerprint density at radius 2 is 1.71 bits per heavy atom. The van der Waals surface area contributed by atoms with Gasteiger partial charge < -0.3 is 4.74 Å². The second kappa shape index (κ2) is 8.68. The average Bonchev–Trinajstić information content (AvgIpc) is 2.13. The van der Waals surface area contributed by atoms with Crippen LogP contribution in [0.4, 0.5) is 0 Å². The molecule has 0 aromatic rings. The SMILES string of the molecule is COCCCS(=O)(=O)CCCCCBr. The van der Waals surface area contributed by atoms with E-state index in [2.05, 4.69) is 15.9 Å². The van der Waals surface area contributed by atoms with E-state index in [1.807, 2.05) is 0 Å². The Morgan fingerprint density at radius 3 is 2.29 bits per heavy atom. The van der Waals surface area contributed by atoms with Gasteiger partial charge in [-0.25, -0.2) is 8.42 Å². The molecular weight excluding hydrogens is 268 g/mol. The van der Waals surface area contributed by atoms with Gasteiger partial charge in [0.2, 0.25) is 0 Å². The number of hydrogen-bond acceptors (Lipinski definition) is 3. The second-order valence-electron chi connectivity index (χ2n) is 3.25. The van der Waals surface area contributed by atoms with Crippen molar-refractivity contribution in [3.05, 3.63) is 0 Å². The predicted octanol–water partition coefficient (Wildman–Crippen LogP) is 2.00. The van der Waals surface area contributed by atoms with Crippen molar-refractivity contribution in [2.45, 2.75) is 25.7 Å². The summed E-state index contributed by atoms with van der Waals surface area (Å²) in [7, 11) is -1.24. The Hall–Kier alpha value is 0.390. The monoisotopic (exact) mass is 286 g/mol.